The molecule has 24 rings (SSSR count). The SMILES string of the molecule is CC1(C)c2ccccc2-c2cc(-c3ccc(-c4nc5ccccc5c5c4sc4ccccc45)cc3)ccc21.c1ccc2c(c1)nc(-c1ccc(-c3ccc4oc5ccccc5c4c3)cc1)c1sc3ccccc3c12.c1ccc2c(c1)nc(-c1ccc(-c3ccc4sc5ccccc5c4c3)cc1)c1sc3ccccc3c12. The van der Waals surface area contributed by atoms with E-state index in [1.165, 1.54) is 152 Å². The van der Waals surface area contributed by atoms with Gasteiger partial charge in [-0.05, 0) is 134 Å². The molecule has 1 aliphatic carbocycles. The third kappa shape index (κ3) is 10.5. The number of rotatable bonds is 6. The molecule has 0 aliphatic heterocycles. The number of aromatic nitrogens is 3. The number of thiophene rings is 4. The largest absolute Gasteiger partial charge is 0.456 e. The van der Waals surface area contributed by atoms with Gasteiger partial charge in [-0.1, -0.05) is 281 Å². The quantitative estimate of drug-likeness (QED) is 0.166. The van der Waals surface area contributed by atoms with Gasteiger partial charge in [-0.25, -0.2) is 15.0 Å². The fraction of sp³-hybridized carbons (Fsp3) is 0.0294. The van der Waals surface area contributed by atoms with E-state index >= 15 is 0 Å². The average molecular weight is 1470 g/mol. The van der Waals surface area contributed by atoms with Crippen molar-refractivity contribution in [3.05, 3.63) is 357 Å². The van der Waals surface area contributed by atoms with E-state index in [0.717, 1.165) is 72.3 Å². The van der Waals surface area contributed by atoms with Gasteiger partial charge < -0.3 is 4.42 Å². The topological polar surface area (TPSA) is 51.8 Å². The lowest BCUT2D eigenvalue weighted by Gasteiger charge is -2.21. The zero-order chi connectivity index (χ0) is 72.7. The molecule has 110 heavy (non-hydrogen) atoms. The van der Waals surface area contributed by atoms with E-state index in [1.807, 2.05) is 57.5 Å². The van der Waals surface area contributed by atoms with Crippen LogP contribution in [0.1, 0.15) is 25.0 Å². The van der Waals surface area contributed by atoms with Crippen molar-refractivity contribution in [2.24, 2.45) is 0 Å². The Balaban J connectivity index is 0.000000102. The molecule has 23 aromatic rings. The van der Waals surface area contributed by atoms with Crippen LogP contribution in [0.3, 0.4) is 0 Å². The molecule has 15 aromatic carbocycles. The molecule has 0 unspecified atom stereocenters. The van der Waals surface area contributed by atoms with Crippen LogP contribution in [0.15, 0.2) is 350 Å². The van der Waals surface area contributed by atoms with E-state index < -0.39 is 0 Å². The molecule has 8 heterocycles. The Bertz CT molecular complexity index is 7380. The van der Waals surface area contributed by atoms with Gasteiger partial charge >= 0.3 is 0 Å². The molecule has 0 radical (unpaired) electrons. The number of hydrogen-bond donors (Lipinski definition) is 0. The summed E-state index contributed by atoms with van der Waals surface area (Å²) < 4.78 is 16.4. The summed E-state index contributed by atoms with van der Waals surface area (Å²) in [6.45, 7) is 4.66. The normalized spacial score (nSPS) is 12.5. The van der Waals surface area contributed by atoms with Gasteiger partial charge in [0.25, 0.3) is 0 Å². The van der Waals surface area contributed by atoms with Crippen LogP contribution in [0.25, 0.3) is 214 Å². The molecular weight excluding hydrogens is 1410 g/mol. The Morgan fingerprint density at radius 1 is 0.227 bits per heavy atom. The minimum Gasteiger partial charge on any atom is -0.456 e. The molecule has 8 heteroatoms. The van der Waals surface area contributed by atoms with Crippen LogP contribution < -0.4 is 0 Å². The fourth-order valence-corrected chi connectivity index (χ4v) is 21.8. The summed E-state index contributed by atoms with van der Waals surface area (Å²) >= 11 is 7.37. The highest BCUT2D eigenvalue weighted by Crippen LogP contribution is 2.51. The maximum absolute atomic E-state index is 6.01. The number of benzene rings is 15. The summed E-state index contributed by atoms with van der Waals surface area (Å²) in [4.78, 5) is 15.5. The van der Waals surface area contributed by atoms with E-state index in [1.54, 1.807) is 0 Å². The molecule has 0 spiro atoms. The lowest BCUT2D eigenvalue weighted by atomic mass is 9.82. The number of para-hydroxylation sites is 4. The van der Waals surface area contributed by atoms with Crippen molar-refractivity contribution in [2.75, 3.05) is 0 Å². The number of fused-ring (bicyclic) bond motifs is 24. The Morgan fingerprint density at radius 3 is 1.05 bits per heavy atom. The first-order valence-corrected chi connectivity index (χ1v) is 40.5. The molecule has 1 aliphatic rings. The zero-order valence-corrected chi connectivity index (χ0v) is 63.1. The van der Waals surface area contributed by atoms with E-state index in [-0.39, 0.29) is 5.41 Å². The summed E-state index contributed by atoms with van der Waals surface area (Å²) in [5.74, 6) is 0. The molecular formula is C102H63N3OS4. The Labute approximate surface area is 649 Å². The number of furan rings is 1. The second-order valence-electron chi connectivity index (χ2n) is 29.1. The van der Waals surface area contributed by atoms with Crippen molar-refractivity contribution >= 4 is 181 Å². The highest BCUT2D eigenvalue weighted by Gasteiger charge is 2.35. The molecule has 0 saturated heterocycles. The maximum atomic E-state index is 6.01. The monoisotopic (exact) mass is 1470 g/mol. The lowest BCUT2D eigenvalue weighted by Crippen LogP contribution is -2.14. The van der Waals surface area contributed by atoms with Crippen molar-refractivity contribution in [3.8, 4) is 78.3 Å². The molecule has 0 saturated carbocycles. The second kappa shape index (κ2) is 25.7. The van der Waals surface area contributed by atoms with Crippen LogP contribution in [-0.4, -0.2) is 15.0 Å². The number of pyridine rings is 3. The van der Waals surface area contributed by atoms with Crippen LogP contribution in [-0.2, 0) is 5.41 Å². The minimum atomic E-state index is 0.0334. The van der Waals surface area contributed by atoms with Gasteiger partial charge in [-0.3, -0.25) is 0 Å². The summed E-state index contributed by atoms with van der Waals surface area (Å²) in [5, 5.41) is 16.5. The smallest absolute Gasteiger partial charge is 0.135 e. The van der Waals surface area contributed by atoms with Gasteiger partial charge in [-0.2, -0.15) is 0 Å². The molecule has 516 valence electrons. The van der Waals surface area contributed by atoms with Crippen molar-refractivity contribution in [1.29, 1.82) is 0 Å². The lowest BCUT2D eigenvalue weighted by molar-refractivity contribution is 0.660. The highest BCUT2D eigenvalue weighted by atomic mass is 32.1. The highest BCUT2D eigenvalue weighted by molar-refractivity contribution is 7.27. The molecule has 0 atom stereocenters. The van der Waals surface area contributed by atoms with Gasteiger partial charge in [0.15, 0.2) is 0 Å². The van der Waals surface area contributed by atoms with Crippen LogP contribution in [0.2, 0.25) is 0 Å². The first kappa shape index (κ1) is 64.4. The number of hydrogen-bond acceptors (Lipinski definition) is 8. The summed E-state index contributed by atoms with van der Waals surface area (Å²) in [5.41, 5.74) is 24.5. The predicted molar refractivity (Wildman–Crippen MR) is 474 cm³/mol. The number of nitrogens with zero attached hydrogens (tertiary/aromatic N) is 3. The van der Waals surface area contributed by atoms with E-state index in [9.17, 15) is 0 Å². The summed E-state index contributed by atoms with van der Waals surface area (Å²) in [6.07, 6.45) is 0. The fourth-order valence-electron chi connectivity index (χ4n) is 17.1. The molecule has 4 nitrogen and oxygen atoms in total. The Hall–Kier alpha value is -12.8. The first-order valence-electron chi connectivity index (χ1n) is 37.3. The summed E-state index contributed by atoms with van der Waals surface area (Å²) in [6, 6.07) is 124. The van der Waals surface area contributed by atoms with E-state index in [4.69, 9.17) is 19.4 Å². The zero-order valence-electron chi connectivity index (χ0n) is 59.8. The van der Waals surface area contributed by atoms with Gasteiger partial charge in [0, 0.05) is 116 Å². The van der Waals surface area contributed by atoms with Gasteiger partial charge in [-0.15, -0.1) is 45.3 Å². The second-order valence-corrected chi connectivity index (χ2v) is 33.4. The third-order valence-corrected chi connectivity index (χ3v) is 27.1. The van der Waals surface area contributed by atoms with Crippen LogP contribution in [0, 0.1) is 0 Å². The third-order valence-electron chi connectivity index (χ3n) is 22.5. The van der Waals surface area contributed by atoms with Crippen LogP contribution in [0.5, 0.6) is 0 Å². The minimum absolute atomic E-state index is 0.0334. The van der Waals surface area contributed by atoms with Crippen LogP contribution in [0.4, 0.5) is 0 Å². The molecule has 0 bridgehead atoms. The Morgan fingerprint density at radius 2 is 0.555 bits per heavy atom. The molecule has 0 N–H and O–H groups in total. The Kier molecular flexibility index (Phi) is 15.0. The predicted octanol–water partition coefficient (Wildman–Crippen LogP) is 30.4. The maximum Gasteiger partial charge on any atom is 0.135 e. The van der Waals surface area contributed by atoms with Gasteiger partial charge in [0.2, 0.25) is 0 Å². The van der Waals surface area contributed by atoms with Crippen LogP contribution >= 0.6 is 45.3 Å². The van der Waals surface area contributed by atoms with E-state index in [0.29, 0.717) is 0 Å². The molecule has 0 fully saturated rings. The average Bonchev–Trinajstić information content (AvgIpc) is 1.57. The first-order chi connectivity index (χ1) is 54.3. The van der Waals surface area contributed by atoms with Gasteiger partial charge in [0.1, 0.15) is 11.2 Å². The molecule has 0 amide bonds. The standard InChI is InChI=1S/C36H25NS.C33H19NOS.C33H19NS2/c1-36(2)29-12-6-3-9-25(29)28-21-24(19-20-30(28)36)22-15-17-23(18-16-22)34-35-33(26-10-4-7-13-31(26)37-34)27-11-5-8-14-32(27)38-35;1-4-10-27-24(8-1)31-25-9-3-6-12-30(25)36-33(31)32(34-27)21-15-13-20(14-16-21)22-17-18-29-26(19-22)23-7-2-5-11-28(23)35-29;1-4-10-27-24(8-1)31-25-9-3-6-12-29(25)36-33(31)32(34-27)21-15-13-20(14-16-21)22-17-18-30-26(19-22)23-7-2-5-11-28(23)35-30/h3-21H,1-2H3;2*1-19H. The van der Waals surface area contributed by atoms with Crippen molar-refractivity contribution in [3.63, 3.8) is 0 Å². The van der Waals surface area contributed by atoms with Crippen molar-refractivity contribution < 1.29 is 4.42 Å². The van der Waals surface area contributed by atoms with E-state index in [2.05, 4.69) is 347 Å². The molecule has 8 aromatic heterocycles. The van der Waals surface area contributed by atoms with Gasteiger partial charge in [0.05, 0.1) is 47.7 Å². The summed E-state index contributed by atoms with van der Waals surface area (Å²) in [7, 11) is 0. The van der Waals surface area contributed by atoms with Crippen molar-refractivity contribution in [2.45, 2.75) is 19.3 Å². The van der Waals surface area contributed by atoms with Crippen molar-refractivity contribution in [1.82, 2.24) is 15.0 Å².